The normalized spacial score (nSPS) is 24.9. The van der Waals surface area contributed by atoms with Gasteiger partial charge in [0.2, 0.25) is 0 Å². The van der Waals surface area contributed by atoms with Gasteiger partial charge < -0.3 is 0 Å². The molecule has 0 atom stereocenters. The molecule has 2 nitrogen and oxygen atoms in total. The smallest absolute Gasteiger partial charge is 0.153 e. The van der Waals surface area contributed by atoms with E-state index in [2.05, 4.69) is 25.7 Å². The molecule has 0 bridgehead atoms. The first-order valence-electron chi connectivity index (χ1n) is 4.57. The predicted molar refractivity (Wildman–Crippen MR) is 50.2 cm³/mol. The molecule has 1 heterocycles. The molecule has 1 rings (SSSR count). The highest BCUT2D eigenvalue weighted by atomic mass is 16.1. The SMILES string of the molecule is CC(C)(C)N1CCC(=O)C1(C)C. The van der Waals surface area contributed by atoms with E-state index >= 15 is 0 Å². The topological polar surface area (TPSA) is 20.3 Å². The Kier molecular flexibility index (Phi) is 2.07. The van der Waals surface area contributed by atoms with E-state index in [4.69, 9.17) is 0 Å². The van der Waals surface area contributed by atoms with Crippen molar-refractivity contribution in [3.05, 3.63) is 0 Å². The third-order valence-corrected chi connectivity index (χ3v) is 2.73. The van der Waals surface area contributed by atoms with Gasteiger partial charge in [0.25, 0.3) is 0 Å². The van der Waals surface area contributed by atoms with Gasteiger partial charge in [-0.15, -0.1) is 0 Å². The first kappa shape index (κ1) is 9.72. The van der Waals surface area contributed by atoms with E-state index in [1.54, 1.807) is 0 Å². The number of hydrogen-bond acceptors (Lipinski definition) is 2. The average Bonchev–Trinajstić information content (AvgIpc) is 2.06. The fourth-order valence-corrected chi connectivity index (χ4v) is 2.12. The van der Waals surface area contributed by atoms with Gasteiger partial charge in [-0.2, -0.15) is 0 Å². The second-order valence-electron chi connectivity index (χ2n) is 5.05. The molecule has 0 amide bonds. The number of rotatable bonds is 0. The second-order valence-corrected chi connectivity index (χ2v) is 5.05. The van der Waals surface area contributed by atoms with Crippen LogP contribution in [0.2, 0.25) is 0 Å². The highest BCUT2D eigenvalue weighted by molar-refractivity contribution is 5.89. The lowest BCUT2D eigenvalue weighted by molar-refractivity contribution is -0.125. The van der Waals surface area contributed by atoms with Crippen LogP contribution in [0.4, 0.5) is 0 Å². The largest absolute Gasteiger partial charge is 0.298 e. The number of carbonyl (C=O) groups is 1. The monoisotopic (exact) mass is 169 g/mol. The van der Waals surface area contributed by atoms with Crippen molar-refractivity contribution < 1.29 is 4.79 Å². The number of nitrogens with zero attached hydrogens (tertiary/aromatic N) is 1. The molecular weight excluding hydrogens is 150 g/mol. The number of hydrogen-bond donors (Lipinski definition) is 0. The molecule has 1 aliphatic rings. The fraction of sp³-hybridized carbons (Fsp3) is 0.900. The maximum atomic E-state index is 11.5. The van der Waals surface area contributed by atoms with Crippen molar-refractivity contribution in [1.29, 1.82) is 0 Å². The Hall–Kier alpha value is -0.370. The van der Waals surface area contributed by atoms with Crippen LogP contribution in [0.15, 0.2) is 0 Å². The van der Waals surface area contributed by atoms with Crippen molar-refractivity contribution >= 4 is 5.78 Å². The van der Waals surface area contributed by atoms with Crippen molar-refractivity contribution in [2.45, 2.75) is 52.1 Å². The van der Waals surface area contributed by atoms with Crippen molar-refractivity contribution in [3.63, 3.8) is 0 Å². The van der Waals surface area contributed by atoms with E-state index in [0.717, 1.165) is 6.54 Å². The van der Waals surface area contributed by atoms with Crippen LogP contribution in [0.3, 0.4) is 0 Å². The van der Waals surface area contributed by atoms with Crippen molar-refractivity contribution in [2.75, 3.05) is 6.54 Å². The third-order valence-electron chi connectivity index (χ3n) is 2.73. The highest BCUT2D eigenvalue weighted by Gasteiger charge is 2.44. The van der Waals surface area contributed by atoms with Crippen LogP contribution in [0, 0.1) is 0 Å². The molecule has 70 valence electrons. The van der Waals surface area contributed by atoms with Gasteiger partial charge in [0.1, 0.15) is 0 Å². The lowest BCUT2D eigenvalue weighted by Crippen LogP contribution is -2.52. The summed E-state index contributed by atoms with van der Waals surface area (Å²) in [6, 6.07) is 0. The Morgan fingerprint density at radius 1 is 1.33 bits per heavy atom. The molecule has 0 N–H and O–H groups in total. The zero-order valence-corrected chi connectivity index (χ0v) is 8.77. The van der Waals surface area contributed by atoms with E-state index < -0.39 is 0 Å². The zero-order valence-electron chi connectivity index (χ0n) is 8.77. The van der Waals surface area contributed by atoms with E-state index in [9.17, 15) is 4.79 Å². The van der Waals surface area contributed by atoms with E-state index in [-0.39, 0.29) is 11.1 Å². The first-order chi connectivity index (χ1) is 5.26. The first-order valence-corrected chi connectivity index (χ1v) is 4.57. The molecule has 12 heavy (non-hydrogen) atoms. The Labute approximate surface area is 74.9 Å². The third kappa shape index (κ3) is 1.40. The molecule has 1 aliphatic heterocycles. The van der Waals surface area contributed by atoms with E-state index in [1.165, 1.54) is 0 Å². The second kappa shape index (κ2) is 2.56. The average molecular weight is 169 g/mol. The predicted octanol–water partition coefficient (Wildman–Crippen LogP) is 1.84. The fourth-order valence-electron chi connectivity index (χ4n) is 2.12. The molecule has 0 unspecified atom stereocenters. The van der Waals surface area contributed by atoms with Gasteiger partial charge in [0.05, 0.1) is 5.54 Å². The van der Waals surface area contributed by atoms with Gasteiger partial charge in [-0.3, -0.25) is 9.69 Å². The van der Waals surface area contributed by atoms with Crippen LogP contribution >= 0.6 is 0 Å². The molecule has 0 aromatic carbocycles. The lowest BCUT2D eigenvalue weighted by Gasteiger charge is -2.40. The summed E-state index contributed by atoms with van der Waals surface area (Å²) in [6.45, 7) is 11.4. The highest BCUT2D eigenvalue weighted by Crippen LogP contribution is 2.31. The minimum absolute atomic E-state index is 0.107. The minimum atomic E-state index is -0.252. The lowest BCUT2D eigenvalue weighted by atomic mass is 9.95. The van der Waals surface area contributed by atoms with E-state index in [0.29, 0.717) is 12.2 Å². The molecule has 2 heteroatoms. The van der Waals surface area contributed by atoms with Gasteiger partial charge in [0.15, 0.2) is 5.78 Å². The number of ketones is 1. The summed E-state index contributed by atoms with van der Waals surface area (Å²) >= 11 is 0. The summed E-state index contributed by atoms with van der Waals surface area (Å²) in [4.78, 5) is 13.8. The Bertz CT molecular complexity index is 200. The number of carbonyl (C=O) groups excluding carboxylic acids is 1. The van der Waals surface area contributed by atoms with Crippen LogP contribution in [0.25, 0.3) is 0 Å². The quantitative estimate of drug-likeness (QED) is 0.551. The Morgan fingerprint density at radius 3 is 2.00 bits per heavy atom. The van der Waals surface area contributed by atoms with Crippen LogP contribution < -0.4 is 0 Å². The zero-order chi connectivity index (χ0) is 9.57. The summed E-state index contributed by atoms with van der Waals surface area (Å²) in [5.41, 5.74) is -0.145. The van der Waals surface area contributed by atoms with Gasteiger partial charge in [-0.1, -0.05) is 0 Å². The van der Waals surface area contributed by atoms with Crippen molar-refractivity contribution in [2.24, 2.45) is 0 Å². The summed E-state index contributed by atoms with van der Waals surface area (Å²) in [7, 11) is 0. The molecule has 1 saturated heterocycles. The molecule has 0 aliphatic carbocycles. The molecule has 0 aromatic heterocycles. The van der Waals surface area contributed by atoms with Crippen LogP contribution in [0.5, 0.6) is 0 Å². The van der Waals surface area contributed by atoms with Crippen molar-refractivity contribution in [1.82, 2.24) is 4.90 Å². The molecule has 0 saturated carbocycles. The number of likely N-dealkylation sites (tertiary alicyclic amines) is 1. The maximum Gasteiger partial charge on any atom is 0.153 e. The minimum Gasteiger partial charge on any atom is -0.298 e. The van der Waals surface area contributed by atoms with E-state index in [1.807, 2.05) is 13.8 Å². The van der Waals surface area contributed by atoms with Crippen LogP contribution in [-0.4, -0.2) is 28.3 Å². The number of Topliss-reactive ketones (excluding diaryl/α,β-unsaturated/α-hetero) is 1. The molecule has 0 aromatic rings. The standard InChI is InChI=1S/C10H19NO/c1-9(2,3)11-7-6-8(12)10(11,4)5/h6-7H2,1-5H3. The molecule has 0 spiro atoms. The van der Waals surface area contributed by atoms with Gasteiger partial charge >= 0.3 is 0 Å². The van der Waals surface area contributed by atoms with Gasteiger partial charge in [0, 0.05) is 18.5 Å². The Morgan fingerprint density at radius 2 is 1.83 bits per heavy atom. The van der Waals surface area contributed by atoms with Gasteiger partial charge in [-0.25, -0.2) is 0 Å². The summed E-state index contributed by atoms with van der Waals surface area (Å²) in [6.07, 6.45) is 0.713. The summed E-state index contributed by atoms with van der Waals surface area (Å²) in [5, 5.41) is 0. The molecule has 0 radical (unpaired) electrons. The molecular formula is C10H19NO. The Balaban J connectivity index is 2.89. The summed E-state index contributed by atoms with van der Waals surface area (Å²) < 4.78 is 0. The van der Waals surface area contributed by atoms with Gasteiger partial charge in [-0.05, 0) is 34.6 Å². The molecule has 1 fully saturated rings. The summed E-state index contributed by atoms with van der Waals surface area (Å²) in [5.74, 6) is 0.373. The van der Waals surface area contributed by atoms with Crippen LogP contribution in [-0.2, 0) is 4.79 Å². The van der Waals surface area contributed by atoms with Crippen LogP contribution in [0.1, 0.15) is 41.0 Å². The maximum absolute atomic E-state index is 11.5. The van der Waals surface area contributed by atoms with Crippen molar-refractivity contribution in [3.8, 4) is 0 Å².